The van der Waals surface area contributed by atoms with E-state index in [0.717, 1.165) is 12.1 Å². The number of carbonyl (C=O) groups is 2. The third-order valence-corrected chi connectivity index (χ3v) is 2.16. The lowest BCUT2D eigenvalue weighted by Gasteiger charge is -2.08. The van der Waals surface area contributed by atoms with E-state index in [2.05, 4.69) is 0 Å². The molecule has 1 aromatic carbocycles. The third-order valence-electron chi connectivity index (χ3n) is 2.16. The quantitative estimate of drug-likeness (QED) is 0.870. The molecule has 0 radical (unpaired) electrons. The van der Waals surface area contributed by atoms with Crippen molar-refractivity contribution in [3.05, 3.63) is 35.4 Å². The third kappa shape index (κ3) is 4.44. The Labute approximate surface area is 101 Å². The zero-order valence-electron chi connectivity index (χ0n) is 9.25. The van der Waals surface area contributed by atoms with Gasteiger partial charge in [0.25, 0.3) is 0 Å². The number of rotatable bonds is 3. The summed E-state index contributed by atoms with van der Waals surface area (Å²) in [5.74, 6) is -0.625. The molecule has 7 heteroatoms. The van der Waals surface area contributed by atoms with E-state index in [4.69, 9.17) is 5.73 Å². The average molecular weight is 260 g/mol. The maximum atomic E-state index is 12.4. The molecule has 0 atom stereocenters. The highest BCUT2D eigenvalue weighted by atomic mass is 19.4. The van der Waals surface area contributed by atoms with Crippen molar-refractivity contribution < 1.29 is 22.8 Å². The van der Waals surface area contributed by atoms with Crippen LogP contribution >= 0.6 is 0 Å². The van der Waals surface area contributed by atoms with Gasteiger partial charge < -0.3 is 5.73 Å². The Morgan fingerprint density at radius 2 is 1.94 bits per heavy atom. The molecule has 0 aromatic heterocycles. The molecule has 0 aliphatic carbocycles. The van der Waals surface area contributed by atoms with Gasteiger partial charge in [-0.05, 0) is 18.1 Å². The topological polar surface area (TPSA) is 72.2 Å². The van der Waals surface area contributed by atoms with Crippen LogP contribution in [0.2, 0.25) is 0 Å². The van der Waals surface area contributed by atoms with E-state index in [1.807, 2.05) is 5.32 Å². The van der Waals surface area contributed by atoms with Gasteiger partial charge in [-0.25, -0.2) is 4.79 Å². The lowest BCUT2D eigenvalue weighted by Crippen LogP contribution is -2.35. The van der Waals surface area contributed by atoms with Crippen molar-refractivity contribution in [2.75, 3.05) is 0 Å². The summed E-state index contributed by atoms with van der Waals surface area (Å²) in [6.45, 7) is 0. The number of aryl methyl sites for hydroxylation is 1. The molecule has 0 heterocycles. The number of halogens is 3. The van der Waals surface area contributed by atoms with Gasteiger partial charge in [-0.2, -0.15) is 13.2 Å². The Balaban J connectivity index is 2.63. The molecule has 18 heavy (non-hydrogen) atoms. The first-order valence-corrected chi connectivity index (χ1v) is 5.04. The summed E-state index contributed by atoms with van der Waals surface area (Å²) in [7, 11) is 0. The molecule has 1 rings (SSSR count). The number of amides is 3. The molecule has 0 saturated heterocycles. The molecule has 0 aliphatic rings. The normalized spacial score (nSPS) is 11.1. The number of primary amides is 1. The number of hydrogen-bond acceptors (Lipinski definition) is 2. The molecule has 0 aliphatic heterocycles. The minimum atomic E-state index is -4.41. The van der Waals surface area contributed by atoms with Crippen LogP contribution in [0.25, 0.3) is 0 Å². The molecule has 0 fully saturated rings. The molecule has 0 spiro atoms. The van der Waals surface area contributed by atoms with Crippen LogP contribution in [0.15, 0.2) is 24.3 Å². The van der Waals surface area contributed by atoms with E-state index in [0.29, 0.717) is 5.56 Å². The van der Waals surface area contributed by atoms with Crippen LogP contribution in [0.3, 0.4) is 0 Å². The lowest BCUT2D eigenvalue weighted by molar-refractivity contribution is -0.137. The Morgan fingerprint density at radius 3 is 2.50 bits per heavy atom. The second-order valence-electron chi connectivity index (χ2n) is 3.61. The Kier molecular flexibility index (Phi) is 4.30. The van der Waals surface area contributed by atoms with Crippen LogP contribution in [0.1, 0.15) is 17.5 Å². The van der Waals surface area contributed by atoms with Crippen LogP contribution in [-0.4, -0.2) is 11.9 Å². The van der Waals surface area contributed by atoms with Crippen LogP contribution in [0.4, 0.5) is 18.0 Å². The van der Waals surface area contributed by atoms with Crippen molar-refractivity contribution in [3.8, 4) is 0 Å². The van der Waals surface area contributed by atoms with E-state index >= 15 is 0 Å². The summed E-state index contributed by atoms with van der Waals surface area (Å²) in [6, 6.07) is 3.69. The van der Waals surface area contributed by atoms with Crippen molar-refractivity contribution >= 4 is 11.9 Å². The minimum Gasteiger partial charge on any atom is -0.351 e. The van der Waals surface area contributed by atoms with Gasteiger partial charge in [-0.15, -0.1) is 0 Å². The number of benzene rings is 1. The number of nitrogens with two attached hydrogens (primary N) is 1. The molecule has 4 nitrogen and oxygen atoms in total. The monoisotopic (exact) mass is 260 g/mol. The standard InChI is InChI=1S/C11H11F3N2O2/c12-11(13,14)8-3-1-2-7(6-8)4-5-9(17)16-10(15)18/h1-3,6H,4-5H2,(H3,15,16,17,18). The lowest BCUT2D eigenvalue weighted by atomic mass is 10.1. The molecule has 3 N–H and O–H groups in total. The summed E-state index contributed by atoms with van der Waals surface area (Å²) >= 11 is 0. The highest BCUT2D eigenvalue weighted by molar-refractivity contribution is 5.93. The van der Waals surface area contributed by atoms with Gasteiger partial charge in [0, 0.05) is 6.42 Å². The Hall–Kier alpha value is -2.05. The highest BCUT2D eigenvalue weighted by Crippen LogP contribution is 2.29. The zero-order valence-corrected chi connectivity index (χ0v) is 9.25. The summed E-state index contributed by atoms with van der Waals surface area (Å²) in [4.78, 5) is 21.4. The van der Waals surface area contributed by atoms with Gasteiger partial charge in [0.1, 0.15) is 0 Å². The van der Waals surface area contributed by atoms with Crippen molar-refractivity contribution in [1.29, 1.82) is 0 Å². The highest BCUT2D eigenvalue weighted by Gasteiger charge is 2.30. The first kappa shape index (κ1) is 14.0. The SMILES string of the molecule is NC(=O)NC(=O)CCc1cccc(C(F)(F)F)c1. The molecule has 98 valence electrons. The predicted octanol–water partition coefficient (Wildman–Crippen LogP) is 1.83. The van der Waals surface area contributed by atoms with Crippen LogP contribution in [-0.2, 0) is 17.4 Å². The molecule has 0 unspecified atom stereocenters. The van der Waals surface area contributed by atoms with Gasteiger partial charge in [-0.1, -0.05) is 18.2 Å². The summed E-state index contributed by atoms with van der Waals surface area (Å²) in [5.41, 5.74) is 4.32. The number of hydrogen-bond donors (Lipinski definition) is 2. The van der Waals surface area contributed by atoms with E-state index in [1.165, 1.54) is 12.1 Å². The maximum Gasteiger partial charge on any atom is 0.416 e. The van der Waals surface area contributed by atoms with Crippen LogP contribution in [0.5, 0.6) is 0 Å². The fourth-order valence-electron chi connectivity index (χ4n) is 1.36. The fourth-order valence-corrected chi connectivity index (χ4v) is 1.36. The fraction of sp³-hybridized carbons (Fsp3) is 0.273. The van der Waals surface area contributed by atoms with Gasteiger partial charge in [0.2, 0.25) is 5.91 Å². The summed E-state index contributed by atoms with van der Waals surface area (Å²) in [5, 5.41) is 1.84. The molecule has 1 aromatic rings. The molecular formula is C11H11F3N2O2. The van der Waals surface area contributed by atoms with E-state index in [9.17, 15) is 22.8 Å². The summed E-state index contributed by atoms with van der Waals surface area (Å²) < 4.78 is 37.2. The van der Waals surface area contributed by atoms with Gasteiger partial charge in [0.05, 0.1) is 5.56 Å². The maximum absolute atomic E-state index is 12.4. The van der Waals surface area contributed by atoms with Crippen molar-refractivity contribution in [2.45, 2.75) is 19.0 Å². The molecule has 0 saturated carbocycles. The number of imide groups is 1. The summed E-state index contributed by atoms with van der Waals surface area (Å²) in [6.07, 6.45) is -4.42. The van der Waals surface area contributed by atoms with Gasteiger partial charge in [0.15, 0.2) is 0 Å². The van der Waals surface area contributed by atoms with Crippen molar-refractivity contribution in [3.63, 3.8) is 0 Å². The second kappa shape index (κ2) is 5.52. The van der Waals surface area contributed by atoms with Crippen LogP contribution < -0.4 is 11.1 Å². The van der Waals surface area contributed by atoms with Gasteiger partial charge in [-0.3, -0.25) is 10.1 Å². The van der Waals surface area contributed by atoms with E-state index < -0.39 is 23.7 Å². The number of urea groups is 1. The van der Waals surface area contributed by atoms with Crippen LogP contribution in [0, 0.1) is 0 Å². The minimum absolute atomic E-state index is 0.100. The first-order valence-electron chi connectivity index (χ1n) is 5.04. The Morgan fingerprint density at radius 1 is 1.28 bits per heavy atom. The predicted molar refractivity (Wildman–Crippen MR) is 57.5 cm³/mol. The smallest absolute Gasteiger partial charge is 0.351 e. The second-order valence-corrected chi connectivity index (χ2v) is 3.61. The largest absolute Gasteiger partial charge is 0.416 e. The zero-order chi connectivity index (χ0) is 13.8. The number of alkyl halides is 3. The number of nitrogens with one attached hydrogen (secondary N) is 1. The van der Waals surface area contributed by atoms with E-state index in [1.54, 1.807) is 0 Å². The number of carbonyl (C=O) groups excluding carboxylic acids is 2. The van der Waals surface area contributed by atoms with Crippen molar-refractivity contribution in [1.82, 2.24) is 5.32 Å². The van der Waals surface area contributed by atoms with Crippen molar-refractivity contribution in [2.24, 2.45) is 5.73 Å². The van der Waals surface area contributed by atoms with Gasteiger partial charge >= 0.3 is 12.2 Å². The molecular weight excluding hydrogens is 249 g/mol. The Bertz CT molecular complexity index is 458. The molecule has 3 amide bonds. The molecule has 0 bridgehead atoms. The van der Waals surface area contributed by atoms with E-state index in [-0.39, 0.29) is 12.8 Å². The average Bonchev–Trinajstić information content (AvgIpc) is 2.25. The first-order chi connectivity index (χ1) is 8.29.